The van der Waals surface area contributed by atoms with Crippen molar-refractivity contribution in [1.82, 2.24) is 4.98 Å². The molecule has 0 spiro atoms. The van der Waals surface area contributed by atoms with Crippen LogP contribution in [0.3, 0.4) is 0 Å². The number of amides is 1. The lowest BCUT2D eigenvalue weighted by Crippen LogP contribution is -2.29. The van der Waals surface area contributed by atoms with Crippen LogP contribution in [0.1, 0.15) is 31.8 Å². The molecule has 0 bridgehead atoms. The number of aryl methyl sites for hydroxylation is 1. The van der Waals surface area contributed by atoms with Crippen molar-refractivity contribution in [3.63, 3.8) is 0 Å². The Morgan fingerprint density at radius 2 is 2.00 bits per heavy atom. The van der Waals surface area contributed by atoms with E-state index in [1.165, 1.54) is 22.3 Å². The van der Waals surface area contributed by atoms with E-state index < -0.39 is 23.7 Å². The summed E-state index contributed by atoms with van der Waals surface area (Å²) in [7, 11) is 0. The number of aliphatic hydroxyl groups excluding tert-OH is 1. The first-order chi connectivity index (χ1) is 15.4. The molecule has 7 nitrogen and oxygen atoms in total. The molecular weight excluding hydrogens is 448 g/mol. The monoisotopic (exact) mass is 466 g/mol. The van der Waals surface area contributed by atoms with Gasteiger partial charge in [-0.3, -0.25) is 14.5 Å². The number of hydrogen-bond acceptors (Lipinski definition) is 8. The highest BCUT2D eigenvalue weighted by Crippen LogP contribution is 2.45. The molecule has 9 heteroatoms. The van der Waals surface area contributed by atoms with Gasteiger partial charge in [0.1, 0.15) is 23.3 Å². The fourth-order valence-electron chi connectivity index (χ4n) is 3.37. The number of carbonyl (C=O) groups is 3. The zero-order chi connectivity index (χ0) is 22.8. The summed E-state index contributed by atoms with van der Waals surface area (Å²) in [5.41, 5.74) is 0.789. The second kappa shape index (κ2) is 8.89. The molecule has 2 aromatic heterocycles. The van der Waals surface area contributed by atoms with E-state index in [1.807, 2.05) is 5.38 Å². The average Bonchev–Trinajstić information content (AvgIpc) is 3.51. The van der Waals surface area contributed by atoms with E-state index in [0.717, 1.165) is 11.3 Å². The minimum absolute atomic E-state index is 0.0210. The number of Topliss-reactive ketones (excluding diaryl/α,β-unsaturated/α-hetero) is 1. The quantitative estimate of drug-likeness (QED) is 0.189. The summed E-state index contributed by atoms with van der Waals surface area (Å²) in [6, 6.07) is 11.3. The standard InChI is InChI=1S/C23H18N2O5S2/c1-3-11-30-22(29)20-13(2)24-23(32-20)25-17(15-10-7-12-31-15)16(19(27)21(25)28)18(26)14-8-5-4-6-9-14/h3-10,12,17,26H,1,11H2,2H3/b18-16+. The van der Waals surface area contributed by atoms with Gasteiger partial charge in [0.05, 0.1) is 11.3 Å². The lowest BCUT2D eigenvalue weighted by molar-refractivity contribution is -0.132. The Balaban J connectivity index is 1.84. The molecule has 1 atom stereocenters. The summed E-state index contributed by atoms with van der Waals surface area (Å²) in [6.07, 6.45) is 1.45. The van der Waals surface area contributed by atoms with Crippen molar-refractivity contribution in [1.29, 1.82) is 0 Å². The van der Waals surface area contributed by atoms with Gasteiger partial charge in [0.25, 0.3) is 5.78 Å². The highest BCUT2D eigenvalue weighted by molar-refractivity contribution is 7.18. The van der Waals surface area contributed by atoms with Gasteiger partial charge in [0.2, 0.25) is 0 Å². The van der Waals surface area contributed by atoms with E-state index in [1.54, 1.807) is 49.4 Å². The molecule has 1 aliphatic rings. The molecule has 1 unspecified atom stereocenters. The number of hydrogen-bond donors (Lipinski definition) is 1. The molecule has 32 heavy (non-hydrogen) atoms. The van der Waals surface area contributed by atoms with Crippen LogP contribution in [-0.4, -0.2) is 34.4 Å². The number of carbonyl (C=O) groups excluding carboxylic acids is 3. The predicted molar refractivity (Wildman–Crippen MR) is 123 cm³/mol. The third-order valence-electron chi connectivity index (χ3n) is 4.81. The topological polar surface area (TPSA) is 96.8 Å². The summed E-state index contributed by atoms with van der Waals surface area (Å²) >= 11 is 2.32. The maximum absolute atomic E-state index is 13.1. The summed E-state index contributed by atoms with van der Waals surface area (Å²) in [6.45, 7) is 5.19. The van der Waals surface area contributed by atoms with Crippen molar-refractivity contribution < 1.29 is 24.2 Å². The van der Waals surface area contributed by atoms with Gasteiger partial charge in [-0.05, 0) is 18.4 Å². The van der Waals surface area contributed by atoms with Crippen LogP contribution in [0, 0.1) is 6.92 Å². The van der Waals surface area contributed by atoms with E-state index in [4.69, 9.17) is 4.74 Å². The van der Waals surface area contributed by atoms with Gasteiger partial charge in [-0.2, -0.15) is 0 Å². The molecule has 0 saturated carbocycles. The van der Waals surface area contributed by atoms with Gasteiger partial charge in [-0.25, -0.2) is 9.78 Å². The van der Waals surface area contributed by atoms with Gasteiger partial charge >= 0.3 is 11.9 Å². The Bertz CT molecular complexity index is 1230. The Kier molecular flexibility index (Phi) is 6.02. The normalized spacial score (nSPS) is 17.5. The molecule has 1 aliphatic heterocycles. The van der Waals surface area contributed by atoms with Crippen LogP contribution < -0.4 is 4.90 Å². The number of nitrogens with zero attached hydrogens (tertiary/aromatic N) is 2. The molecule has 4 rings (SSSR count). The zero-order valence-electron chi connectivity index (χ0n) is 17.0. The second-order valence-electron chi connectivity index (χ2n) is 6.85. The van der Waals surface area contributed by atoms with E-state index in [9.17, 15) is 19.5 Å². The molecule has 1 fully saturated rings. The minimum Gasteiger partial charge on any atom is -0.507 e. The number of rotatable bonds is 6. The van der Waals surface area contributed by atoms with Crippen molar-refractivity contribution in [2.75, 3.05) is 11.5 Å². The van der Waals surface area contributed by atoms with Crippen molar-refractivity contribution in [2.24, 2.45) is 0 Å². The van der Waals surface area contributed by atoms with Crippen LogP contribution >= 0.6 is 22.7 Å². The number of anilines is 1. The Hall–Kier alpha value is -3.56. The van der Waals surface area contributed by atoms with Crippen LogP contribution in [-0.2, 0) is 14.3 Å². The van der Waals surface area contributed by atoms with Crippen LogP contribution in [0.4, 0.5) is 5.13 Å². The van der Waals surface area contributed by atoms with E-state index in [-0.39, 0.29) is 27.9 Å². The lowest BCUT2D eigenvalue weighted by atomic mass is 10.00. The molecule has 0 aliphatic carbocycles. The van der Waals surface area contributed by atoms with Crippen molar-refractivity contribution >= 4 is 51.2 Å². The summed E-state index contributed by atoms with van der Waals surface area (Å²) in [5, 5.41) is 13.0. The maximum Gasteiger partial charge on any atom is 0.350 e. The second-order valence-corrected chi connectivity index (χ2v) is 8.81. The molecule has 0 radical (unpaired) electrons. The average molecular weight is 467 g/mol. The largest absolute Gasteiger partial charge is 0.507 e. The molecule has 162 valence electrons. The number of aromatic nitrogens is 1. The number of ether oxygens (including phenoxy) is 1. The van der Waals surface area contributed by atoms with Gasteiger partial charge < -0.3 is 9.84 Å². The molecule has 1 aromatic carbocycles. The number of aliphatic hydroxyl groups is 1. The third-order valence-corrected chi connectivity index (χ3v) is 6.87. The van der Waals surface area contributed by atoms with E-state index >= 15 is 0 Å². The number of thiophene rings is 1. The molecule has 1 saturated heterocycles. The first-order valence-electron chi connectivity index (χ1n) is 9.59. The van der Waals surface area contributed by atoms with Gasteiger partial charge in [0, 0.05) is 10.4 Å². The van der Waals surface area contributed by atoms with Crippen molar-refractivity contribution in [3.8, 4) is 0 Å². The minimum atomic E-state index is -0.863. The Morgan fingerprint density at radius 3 is 2.66 bits per heavy atom. The third kappa shape index (κ3) is 3.76. The number of thiazole rings is 1. The smallest absolute Gasteiger partial charge is 0.350 e. The van der Waals surface area contributed by atoms with E-state index in [2.05, 4.69) is 11.6 Å². The van der Waals surface area contributed by atoms with Crippen LogP contribution in [0.5, 0.6) is 0 Å². The van der Waals surface area contributed by atoms with Crippen molar-refractivity contribution in [3.05, 3.63) is 87.1 Å². The summed E-state index contributed by atoms with van der Waals surface area (Å²) in [4.78, 5) is 45.0. The van der Waals surface area contributed by atoms with Crippen molar-refractivity contribution in [2.45, 2.75) is 13.0 Å². The maximum atomic E-state index is 13.1. The first kappa shape index (κ1) is 21.7. The molecule has 1 amide bonds. The van der Waals surface area contributed by atoms with Gasteiger partial charge in [0.15, 0.2) is 5.13 Å². The highest BCUT2D eigenvalue weighted by atomic mass is 32.1. The number of esters is 1. The Labute approximate surface area is 191 Å². The molecule has 1 N–H and O–H groups in total. The molecule has 3 heterocycles. The first-order valence-corrected chi connectivity index (χ1v) is 11.3. The Morgan fingerprint density at radius 1 is 1.25 bits per heavy atom. The van der Waals surface area contributed by atoms with E-state index in [0.29, 0.717) is 16.1 Å². The SMILES string of the molecule is C=CCOC(=O)c1sc(N2C(=O)C(=O)/C(=C(/O)c3ccccc3)C2c2cccs2)nc1C. The molecule has 3 aromatic rings. The van der Waals surface area contributed by atoms with Crippen LogP contribution in [0.2, 0.25) is 0 Å². The van der Waals surface area contributed by atoms with Gasteiger partial charge in [-0.1, -0.05) is 60.4 Å². The summed E-state index contributed by atoms with van der Waals surface area (Å²) < 4.78 is 5.09. The fraction of sp³-hybridized carbons (Fsp3) is 0.130. The van der Waals surface area contributed by atoms with Gasteiger partial charge in [-0.15, -0.1) is 11.3 Å². The molecular formula is C23H18N2O5S2. The lowest BCUT2D eigenvalue weighted by Gasteiger charge is -2.21. The highest BCUT2D eigenvalue weighted by Gasteiger charge is 2.48. The zero-order valence-corrected chi connectivity index (χ0v) is 18.6. The number of ketones is 1. The van der Waals surface area contributed by atoms with Crippen LogP contribution in [0.15, 0.2) is 66.1 Å². The van der Waals surface area contributed by atoms with Crippen LogP contribution in [0.25, 0.3) is 5.76 Å². The predicted octanol–water partition coefficient (Wildman–Crippen LogP) is 4.48. The summed E-state index contributed by atoms with van der Waals surface area (Å²) in [5.74, 6) is -2.47. The number of benzene rings is 1. The fourth-order valence-corrected chi connectivity index (χ4v) is 5.18.